The lowest BCUT2D eigenvalue weighted by Crippen LogP contribution is -2.66. The van der Waals surface area contributed by atoms with E-state index in [0.717, 1.165) is 44.2 Å². The van der Waals surface area contributed by atoms with Crippen LogP contribution in [-0.4, -0.2) is 50.9 Å². The van der Waals surface area contributed by atoms with Crippen LogP contribution in [0.15, 0.2) is 36.4 Å². The Kier molecular flexibility index (Phi) is 4.45. The fourth-order valence-electron chi connectivity index (χ4n) is 5.71. The molecule has 1 aromatic heterocycles. The minimum Gasteiger partial charge on any atom is -0.337 e. The van der Waals surface area contributed by atoms with Gasteiger partial charge in [-0.3, -0.25) is 14.7 Å². The van der Waals surface area contributed by atoms with Crippen molar-refractivity contribution in [2.45, 2.75) is 57.5 Å². The summed E-state index contributed by atoms with van der Waals surface area (Å²) in [6, 6.07) is 12.7. The Hall–Kier alpha value is -2.63. The van der Waals surface area contributed by atoms with E-state index < -0.39 is 0 Å². The van der Waals surface area contributed by atoms with Crippen molar-refractivity contribution < 1.29 is 9.59 Å². The Labute approximate surface area is 171 Å². The van der Waals surface area contributed by atoms with Crippen molar-refractivity contribution in [3.05, 3.63) is 53.3 Å². The first-order chi connectivity index (χ1) is 14.1. The van der Waals surface area contributed by atoms with Gasteiger partial charge in [0.05, 0.1) is 11.5 Å². The molecule has 3 aliphatic rings. The third-order valence-electron chi connectivity index (χ3n) is 7.14. The van der Waals surface area contributed by atoms with E-state index in [-0.39, 0.29) is 23.4 Å². The van der Waals surface area contributed by atoms with Crippen LogP contribution in [0.3, 0.4) is 0 Å². The first-order valence-electron chi connectivity index (χ1n) is 10.8. The zero-order chi connectivity index (χ0) is 20.0. The molecule has 152 valence electrons. The highest BCUT2D eigenvalue weighted by molar-refractivity contribution is 5.93. The van der Waals surface area contributed by atoms with E-state index in [4.69, 9.17) is 0 Å². The van der Waals surface area contributed by atoms with Gasteiger partial charge in [0.1, 0.15) is 5.69 Å². The Morgan fingerprint density at radius 3 is 2.45 bits per heavy atom. The summed E-state index contributed by atoms with van der Waals surface area (Å²) in [5, 5.41) is 6.94. The van der Waals surface area contributed by atoms with E-state index in [1.54, 1.807) is 6.07 Å². The predicted octanol–water partition coefficient (Wildman–Crippen LogP) is 3.47. The predicted molar refractivity (Wildman–Crippen MR) is 109 cm³/mol. The Morgan fingerprint density at radius 1 is 1.14 bits per heavy atom. The quantitative estimate of drug-likeness (QED) is 0.813. The lowest BCUT2D eigenvalue weighted by molar-refractivity contribution is -0.180. The second kappa shape index (κ2) is 7.01. The monoisotopic (exact) mass is 392 g/mol. The molecule has 6 heteroatoms. The summed E-state index contributed by atoms with van der Waals surface area (Å²) in [4.78, 5) is 30.1. The highest BCUT2D eigenvalue weighted by Gasteiger charge is 2.63. The van der Waals surface area contributed by atoms with Crippen molar-refractivity contribution >= 4 is 11.8 Å². The van der Waals surface area contributed by atoms with Crippen molar-refractivity contribution in [1.82, 2.24) is 20.0 Å². The van der Waals surface area contributed by atoms with E-state index in [2.05, 4.69) is 39.4 Å². The molecule has 29 heavy (non-hydrogen) atoms. The number of β-lactam (4-membered cyclic amide) rings is 1. The zero-order valence-electron chi connectivity index (χ0n) is 16.9. The maximum atomic E-state index is 13.3. The molecule has 3 fully saturated rings. The van der Waals surface area contributed by atoms with E-state index in [9.17, 15) is 9.59 Å². The molecule has 0 bridgehead atoms. The average Bonchev–Trinajstić information content (AvgIpc) is 3.42. The number of aromatic amines is 1. The number of hydrogen-bond acceptors (Lipinski definition) is 3. The van der Waals surface area contributed by atoms with Gasteiger partial charge in [0.25, 0.3) is 5.91 Å². The van der Waals surface area contributed by atoms with Gasteiger partial charge >= 0.3 is 0 Å². The number of carbonyl (C=O) groups excluding carboxylic acids is 2. The number of rotatable bonds is 3. The van der Waals surface area contributed by atoms with Crippen molar-refractivity contribution in [3.63, 3.8) is 0 Å². The van der Waals surface area contributed by atoms with Gasteiger partial charge in [0, 0.05) is 24.8 Å². The van der Waals surface area contributed by atoms with Crippen LogP contribution in [-0.2, 0) is 4.79 Å². The van der Waals surface area contributed by atoms with Gasteiger partial charge in [0.2, 0.25) is 5.91 Å². The molecule has 3 heterocycles. The number of amides is 2. The van der Waals surface area contributed by atoms with Crippen LogP contribution in [0.1, 0.15) is 66.3 Å². The largest absolute Gasteiger partial charge is 0.337 e. The minimum atomic E-state index is -0.180. The number of benzene rings is 1. The average molecular weight is 393 g/mol. The topological polar surface area (TPSA) is 69.3 Å². The lowest BCUT2D eigenvalue weighted by Gasteiger charge is -2.59. The van der Waals surface area contributed by atoms with Gasteiger partial charge in [-0.15, -0.1) is 0 Å². The highest BCUT2D eigenvalue weighted by Crippen LogP contribution is 2.60. The molecule has 1 aliphatic carbocycles. The van der Waals surface area contributed by atoms with Crippen molar-refractivity contribution in [2.75, 3.05) is 13.1 Å². The summed E-state index contributed by atoms with van der Waals surface area (Å²) in [6.07, 6.45) is 5.99. The van der Waals surface area contributed by atoms with Crippen molar-refractivity contribution in [2.24, 2.45) is 5.41 Å². The van der Waals surface area contributed by atoms with Crippen LogP contribution < -0.4 is 0 Å². The molecule has 6 nitrogen and oxygen atoms in total. The molecule has 2 aliphatic heterocycles. The van der Waals surface area contributed by atoms with Crippen LogP contribution in [0, 0.1) is 12.3 Å². The van der Waals surface area contributed by atoms with Gasteiger partial charge in [-0.2, -0.15) is 5.10 Å². The van der Waals surface area contributed by atoms with E-state index in [1.165, 1.54) is 5.56 Å². The van der Waals surface area contributed by atoms with Crippen LogP contribution >= 0.6 is 0 Å². The minimum absolute atomic E-state index is 0.0189. The normalized spacial score (nSPS) is 24.2. The fraction of sp³-hybridized carbons (Fsp3) is 0.522. The third-order valence-corrected chi connectivity index (χ3v) is 7.14. The first-order valence-corrected chi connectivity index (χ1v) is 10.8. The number of aromatic nitrogens is 2. The van der Waals surface area contributed by atoms with E-state index in [0.29, 0.717) is 24.7 Å². The summed E-state index contributed by atoms with van der Waals surface area (Å²) in [7, 11) is 0. The van der Waals surface area contributed by atoms with Gasteiger partial charge in [-0.05, 0) is 44.2 Å². The van der Waals surface area contributed by atoms with Gasteiger partial charge < -0.3 is 9.80 Å². The maximum absolute atomic E-state index is 13.3. The summed E-state index contributed by atoms with van der Waals surface area (Å²) in [5.74, 6) is 0.325. The SMILES string of the molecule is Cc1cc(C(=O)N2CCC(N3C(=O)C4(CCCC4)C3c3ccccc3)CC2)n[nH]1. The number of nitrogens with zero attached hydrogens (tertiary/aromatic N) is 3. The number of aryl methyl sites for hydroxylation is 1. The highest BCUT2D eigenvalue weighted by atomic mass is 16.2. The molecule has 1 aromatic carbocycles. The zero-order valence-corrected chi connectivity index (χ0v) is 16.9. The second-order valence-corrected chi connectivity index (χ2v) is 8.85. The number of likely N-dealkylation sites (tertiary alicyclic amines) is 2. The Morgan fingerprint density at radius 2 is 1.83 bits per heavy atom. The summed E-state index contributed by atoms with van der Waals surface area (Å²) in [6.45, 7) is 3.25. The molecule has 1 saturated carbocycles. The summed E-state index contributed by atoms with van der Waals surface area (Å²) >= 11 is 0. The Bertz CT molecular complexity index is 908. The van der Waals surface area contributed by atoms with Crippen LogP contribution in [0.25, 0.3) is 0 Å². The number of carbonyl (C=O) groups is 2. The second-order valence-electron chi connectivity index (χ2n) is 8.85. The smallest absolute Gasteiger partial charge is 0.274 e. The molecule has 1 N–H and O–H groups in total. The number of H-pyrrole nitrogens is 1. The molecule has 1 unspecified atom stereocenters. The van der Waals surface area contributed by atoms with Gasteiger partial charge in [-0.1, -0.05) is 43.2 Å². The Balaban J connectivity index is 1.32. The molecule has 2 aromatic rings. The summed E-state index contributed by atoms with van der Waals surface area (Å²) < 4.78 is 0. The summed E-state index contributed by atoms with van der Waals surface area (Å²) in [5.41, 5.74) is 2.45. The van der Waals surface area contributed by atoms with Crippen LogP contribution in [0.2, 0.25) is 0 Å². The molecule has 2 amide bonds. The lowest BCUT2D eigenvalue weighted by atomic mass is 9.65. The molecule has 2 saturated heterocycles. The first kappa shape index (κ1) is 18.4. The number of nitrogens with one attached hydrogen (secondary N) is 1. The van der Waals surface area contributed by atoms with Gasteiger partial charge in [-0.25, -0.2) is 0 Å². The van der Waals surface area contributed by atoms with Crippen molar-refractivity contribution in [1.29, 1.82) is 0 Å². The number of piperidine rings is 1. The molecular weight excluding hydrogens is 364 g/mol. The van der Waals surface area contributed by atoms with Crippen LogP contribution in [0.5, 0.6) is 0 Å². The van der Waals surface area contributed by atoms with Crippen molar-refractivity contribution in [3.8, 4) is 0 Å². The molecule has 1 spiro atoms. The molecule has 0 radical (unpaired) electrons. The van der Waals surface area contributed by atoms with Crippen LogP contribution in [0.4, 0.5) is 0 Å². The molecule has 5 rings (SSSR count). The standard InChI is InChI=1S/C23H28N4O2/c1-16-15-19(25-24-16)21(28)26-13-9-18(10-14-26)27-20(17-7-3-2-4-8-17)23(22(27)29)11-5-6-12-23/h2-4,7-8,15,18,20H,5-6,9-14H2,1H3,(H,24,25). The third kappa shape index (κ3) is 2.88. The van der Waals surface area contributed by atoms with E-state index >= 15 is 0 Å². The van der Waals surface area contributed by atoms with E-state index in [1.807, 2.05) is 17.9 Å². The number of hydrogen-bond donors (Lipinski definition) is 1. The molecule has 1 atom stereocenters. The fourth-order valence-corrected chi connectivity index (χ4v) is 5.71. The maximum Gasteiger partial charge on any atom is 0.274 e. The molecular formula is C23H28N4O2. The van der Waals surface area contributed by atoms with Gasteiger partial charge in [0.15, 0.2) is 0 Å².